The third-order valence-corrected chi connectivity index (χ3v) is 1.65. The van der Waals surface area contributed by atoms with Gasteiger partial charge in [-0.25, -0.2) is 0 Å². The fraction of sp³-hybridized carbons (Fsp3) is 0.857. The molecule has 0 aliphatic carbocycles. The van der Waals surface area contributed by atoms with Crippen LogP contribution in [0.1, 0.15) is 20.8 Å². The molecule has 1 saturated heterocycles. The quantitative estimate of drug-likeness (QED) is 0.594. The van der Waals surface area contributed by atoms with Gasteiger partial charge in [-0.1, -0.05) is 0 Å². The lowest BCUT2D eigenvalue weighted by Gasteiger charge is -2.18. The van der Waals surface area contributed by atoms with Crippen molar-refractivity contribution in [2.24, 2.45) is 0 Å². The fourth-order valence-corrected chi connectivity index (χ4v) is 1.10. The van der Waals surface area contributed by atoms with Crippen LogP contribution in [0.25, 0.3) is 0 Å². The van der Waals surface area contributed by atoms with Crippen LogP contribution in [0, 0.1) is 5.41 Å². The van der Waals surface area contributed by atoms with Crippen LogP contribution in [0.2, 0.25) is 0 Å². The van der Waals surface area contributed by atoms with E-state index in [1.54, 1.807) is 0 Å². The minimum atomic E-state index is 0.190. The SMILES string of the molecule is CC1CN(C(C)C)C(=N)O1. The summed E-state index contributed by atoms with van der Waals surface area (Å²) in [6, 6.07) is 0.708. The molecule has 0 bridgehead atoms. The zero-order chi connectivity index (χ0) is 7.72. The number of hydrogen-bond donors (Lipinski definition) is 1. The van der Waals surface area contributed by atoms with E-state index in [9.17, 15) is 0 Å². The Morgan fingerprint density at radius 2 is 2.30 bits per heavy atom. The predicted molar refractivity (Wildman–Crippen MR) is 40.1 cm³/mol. The van der Waals surface area contributed by atoms with Crippen molar-refractivity contribution in [3.05, 3.63) is 0 Å². The van der Waals surface area contributed by atoms with Gasteiger partial charge in [0, 0.05) is 6.04 Å². The second-order valence-electron chi connectivity index (χ2n) is 2.98. The van der Waals surface area contributed by atoms with E-state index < -0.39 is 0 Å². The van der Waals surface area contributed by atoms with Crippen molar-refractivity contribution in [1.82, 2.24) is 4.90 Å². The van der Waals surface area contributed by atoms with Crippen molar-refractivity contribution in [3.63, 3.8) is 0 Å². The van der Waals surface area contributed by atoms with Crippen LogP contribution in [0.5, 0.6) is 0 Å². The second-order valence-corrected chi connectivity index (χ2v) is 2.98. The van der Waals surface area contributed by atoms with Crippen molar-refractivity contribution in [3.8, 4) is 0 Å². The molecule has 0 radical (unpaired) electrons. The highest BCUT2D eigenvalue weighted by atomic mass is 16.5. The molecule has 1 N–H and O–H groups in total. The van der Waals surface area contributed by atoms with Gasteiger partial charge in [-0.15, -0.1) is 0 Å². The minimum Gasteiger partial charge on any atom is -0.460 e. The van der Waals surface area contributed by atoms with E-state index in [2.05, 4.69) is 13.8 Å². The largest absolute Gasteiger partial charge is 0.460 e. The van der Waals surface area contributed by atoms with Gasteiger partial charge >= 0.3 is 0 Å². The van der Waals surface area contributed by atoms with Crippen LogP contribution in [0.15, 0.2) is 0 Å². The zero-order valence-electron chi connectivity index (χ0n) is 6.72. The first-order valence-electron chi connectivity index (χ1n) is 3.63. The Labute approximate surface area is 61.5 Å². The van der Waals surface area contributed by atoms with Crippen LogP contribution < -0.4 is 0 Å². The topological polar surface area (TPSA) is 36.3 Å². The van der Waals surface area contributed by atoms with Gasteiger partial charge in [0.2, 0.25) is 0 Å². The van der Waals surface area contributed by atoms with Gasteiger partial charge < -0.3 is 9.64 Å². The second kappa shape index (κ2) is 2.48. The standard InChI is InChI=1S/C7H14N2O/c1-5(2)9-4-6(3)10-7(9)8/h5-6,8H,4H2,1-3H3. The third-order valence-electron chi connectivity index (χ3n) is 1.65. The summed E-state index contributed by atoms with van der Waals surface area (Å²) in [5.41, 5.74) is 0. The monoisotopic (exact) mass is 142 g/mol. The molecule has 58 valence electrons. The minimum absolute atomic E-state index is 0.190. The lowest BCUT2D eigenvalue weighted by Crippen LogP contribution is -2.32. The zero-order valence-corrected chi connectivity index (χ0v) is 6.72. The Morgan fingerprint density at radius 1 is 1.70 bits per heavy atom. The number of amidine groups is 1. The first kappa shape index (κ1) is 7.38. The van der Waals surface area contributed by atoms with E-state index in [0.717, 1.165) is 6.54 Å². The molecule has 1 aliphatic heterocycles. The Balaban J connectivity index is 2.55. The van der Waals surface area contributed by atoms with Crippen molar-refractivity contribution in [2.75, 3.05) is 6.54 Å². The summed E-state index contributed by atoms with van der Waals surface area (Å²) < 4.78 is 5.14. The van der Waals surface area contributed by atoms with Crippen LogP contribution in [0.4, 0.5) is 0 Å². The normalized spacial score (nSPS) is 25.8. The first-order valence-corrected chi connectivity index (χ1v) is 3.63. The number of nitrogens with zero attached hydrogens (tertiary/aromatic N) is 1. The first-order chi connectivity index (χ1) is 4.61. The molecule has 0 aromatic heterocycles. The molecule has 1 heterocycles. The number of nitrogens with one attached hydrogen (secondary N) is 1. The molecule has 1 fully saturated rings. The van der Waals surface area contributed by atoms with E-state index in [4.69, 9.17) is 10.1 Å². The maximum absolute atomic E-state index is 7.37. The van der Waals surface area contributed by atoms with Gasteiger partial charge in [-0.05, 0) is 20.8 Å². The molecule has 1 atom stereocenters. The van der Waals surface area contributed by atoms with Crippen LogP contribution in [-0.4, -0.2) is 29.6 Å². The average Bonchev–Trinajstić information content (AvgIpc) is 2.10. The molecule has 3 nitrogen and oxygen atoms in total. The summed E-state index contributed by atoms with van der Waals surface area (Å²) in [6.45, 7) is 6.97. The molecule has 10 heavy (non-hydrogen) atoms. The average molecular weight is 142 g/mol. The molecular weight excluding hydrogens is 128 g/mol. The molecule has 1 aliphatic rings. The van der Waals surface area contributed by atoms with Crippen LogP contribution in [-0.2, 0) is 4.74 Å². The Hall–Kier alpha value is -0.730. The summed E-state index contributed by atoms with van der Waals surface area (Å²) >= 11 is 0. The van der Waals surface area contributed by atoms with E-state index in [1.807, 2.05) is 11.8 Å². The molecule has 0 amide bonds. The van der Waals surface area contributed by atoms with Gasteiger partial charge in [-0.2, -0.15) is 0 Å². The number of ether oxygens (including phenoxy) is 1. The molecule has 3 heteroatoms. The van der Waals surface area contributed by atoms with E-state index in [-0.39, 0.29) is 6.10 Å². The van der Waals surface area contributed by atoms with Gasteiger partial charge in [0.05, 0.1) is 6.54 Å². The summed E-state index contributed by atoms with van der Waals surface area (Å²) in [5.74, 6) is 0. The molecule has 0 spiro atoms. The maximum atomic E-state index is 7.37. The van der Waals surface area contributed by atoms with Crippen molar-refractivity contribution in [1.29, 1.82) is 5.41 Å². The highest BCUT2D eigenvalue weighted by Crippen LogP contribution is 2.12. The Morgan fingerprint density at radius 3 is 2.50 bits per heavy atom. The molecule has 0 aromatic carbocycles. The Kier molecular flexibility index (Phi) is 1.83. The lowest BCUT2D eigenvalue weighted by atomic mass is 10.3. The fourth-order valence-electron chi connectivity index (χ4n) is 1.10. The highest BCUT2D eigenvalue weighted by Gasteiger charge is 2.26. The van der Waals surface area contributed by atoms with Gasteiger partial charge in [0.1, 0.15) is 6.10 Å². The van der Waals surface area contributed by atoms with Crippen LogP contribution in [0.3, 0.4) is 0 Å². The van der Waals surface area contributed by atoms with Gasteiger partial charge in [-0.3, -0.25) is 5.41 Å². The summed E-state index contributed by atoms with van der Waals surface area (Å²) in [4.78, 5) is 1.95. The van der Waals surface area contributed by atoms with E-state index in [0.29, 0.717) is 12.1 Å². The smallest absolute Gasteiger partial charge is 0.285 e. The van der Waals surface area contributed by atoms with Gasteiger partial charge in [0.25, 0.3) is 6.02 Å². The maximum Gasteiger partial charge on any atom is 0.285 e. The van der Waals surface area contributed by atoms with Crippen molar-refractivity contribution in [2.45, 2.75) is 32.9 Å². The molecule has 0 saturated carbocycles. The number of rotatable bonds is 1. The van der Waals surface area contributed by atoms with Crippen molar-refractivity contribution >= 4 is 6.02 Å². The molecule has 1 rings (SSSR count). The van der Waals surface area contributed by atoms with Gasteiger partial charge in [0.15, 0.2) is 0 Å². The summed E-state index contributed by atoms with van der Waals surface area (Å²) in [6.07, 6.45) is 0.190. The molecule has 1 unspecified atom stereocenters. The number of hydrogen-bond acceptors (Lipinski definition) is 2. The highest BCUT2D eigenvalue weighted by molar-refractivity contribution is 5.72. The molecule has 0 aromatic rings. The molecular formula is C7H14N2O. The summed E-state index contributed by atoms with van der Waals surface area (Å²) in [5, 5.41) is 7.37. The van der Waals surface area contributed by atoms with E-state index in [1.165, 1.54) is 0 Å². The van der Waals surface area contributed by atoms with E-state index >= 15 is 0 Å². The van der Waals surface area contributed by atoms with Crippen molar-refractivity contribution < 1.29 is 4.74 Å². The lowest BCUT2D eigenvalue weighted by molar-refractivity contribution is 0.249. The predicted octanol–water partition coefficient (Wildman–Crippen LogP) is 1.05. The van der Waals surface area contributed by atoms with Crippen LogP contribution >= 0.6 is 0 Å². The summed E-state index contributed by atoms with van der Waals surface area (Å²) in [7, 11) is 0. The third kappa shape index (κ3) is 1.23. The Bertz CT molecular complexity index is 145.